The van der Waals surface area contributed by atoms with E-state index in [0.717, 1.165) is 34.4 Å². The van der Waals surface area contributed by atoms with E-state index in [1.807, 2.05) is 37.3 Å². The van der Waals surface area contributed by atoms with Gasteiger partial charge in [0.05, 0.1) is 4.47 Å². The predicted molar refractivity (Wildman–Crippen MR) is 87.3 cm³/mol. The van der Waals surface area contributed by atoms with Crippen LogP contribution in [-0.4, -0.2) is 0 Å². The van der Waals surface area contributed by atoms with Crippen molar-refractivity contribution in [2.24, 2.45) is 5.73 Å². The maximum atomic E-state index is 5.89. The number of hydrogen-bond acceptors (Lipinski definition) is 2. The Hall–Kier alpha value is -1.32. The van der Waals surface area contributed by atoms with Crippen molar-refractivity contribution in [2.75, 3.05) is 0 Å². The van der Waals surface area contributed by atoms with Crippen molar-refractivity contribution in [3.05, 3.63) is 58.1 Å². The van der Waals surface area contributed by atoms with Crippen molar-refractivity contribution < 1.29 is 4.74 Å². The van der Waals surface area contributed by atoms with E-state index in [1.54, 1.807) is 0 Å². The molecule has 0 bridgehead atoms. The Kier molecular flexibility index (Phi) is 5.21. The van der Waals surface area contributed by atoms with Crippen molar-refractivity contribution in [3.63, 3.8) is 0 Å². The summed E-state index contributed by atoms with van der Waals surface area (Å²) in [4.78, 5) is 0. The van der Waals surface area contributed by atoms with Gasteiger partial charge in [0, 0.05) is 6.04 Å². The van der Waals surface area contributed by atoms with Crippen LogP contribution in [0.25, 0.3) is 0 Å². The SMILES string of the molecule is CCCc1ccc(Oc2ccc([C@H](C)N)cc2Br)cc1. The molecule has 0 unspecified atom stereocenters. The van der Waals surface area contributed by atoms with Crippen molar-refractivity contribution in [1.82, 2.24) is 0 Å². The summed E-state index contributed by atoms with van der Waals surface area (Å²) in [5.41, 5.74) is 8.29. The maximum absolute atomic E-state index is 5.89. The molecule has 0 radical (unpaired) electrons. The highest BCUT2D eigenvalue weighted by molar-refractivity contribution is 9.10. The highest BCUT2D eigenvalue weighted by Gasteiger charge is 2.06. The first kappa shape index (κ1) is 15.1. The molecule has 106 valence electrons. The Balaban J connectivity index is 2.13. The van der Waals surface area contributed by atoms with Gasteiger partial charge in [-0.25, -0.2) is 0 Å². The molecule has 0 aromatic heterocycles. The molecule has 2 aromatic carbocycles. The number of nitrogens with two attached hydrogens (primary N) is 1. The normalized spacial score (nSPS) is 12.2. The lowest BCUT2D eigenvalue weighted by molar-refractivity contribution is 0.479. The lowest BCUT2D eigenvalue weighted by atomic mass is 10.1. The van der Waals surface area contributed by atoms with Gasteiger partial charge >= 0.3 is 0 Å². The maximum Gasteiger partial charge on any atom is 0.141 e. The molecule has 2 rings (SSSR count). The first-order valence-electron chi connectivity index (χ1n) is 6.92. The van der Waals surface area contributed by atoms with Crippen molar-refractivity contribution in [2.45, 2.75) is 32.7 Å². The van der Waals surface area contributed by atoms with Crippen LogP contribution in [0.15, 0.2) is 46.9 Å². The Morgan fingerprint density at radius 2 is 1.85 bits per heavy atom. The molecule has 0 saturated carbocycles. The van der Waals surface area contributed by atoms with E-state index in [-0.39, 0.29) is 6.04 Å². The summed E-state index contributed by atoms with van der Waals surface area (Å²) in [6.07, 6.45) is 2.26. The van der Waals surface area contributed by atoms with E-state index in [9.17, 15) is 0 Å². The molecule has 2 N–H and O–H groups in total. The topological polar surface area (TPSA) is 35.2 Å². The lowest BCUT2D eigenvalue weighted by Crippen LogP contribution is -2.04. The predicted octanol–water partition coefficient (Wildman–Crippen LogP) is 5.21. The average molecular weight is 334 g/mol. The molecule has 0 fully saturated rings. The van der Waals surface area contributed by atoms with Gasteiger partial charge in [-0.3, -0.25) is 0 Å². The summed E-state index contributed by atoms with van der Waals surface area (Å²) in [7, 11) is 0. The van der Waals surface area contributed by atoms with E-state index < -0.39 is 0 Å². The number of aryl methyl sites for hydroxylation is 1. The summed E-state index contributed by atoms with van der Waals surface area (Å²) >= 11 is 3.53. The lowest BCUT2D eigenvalue weighted by Gasteiger charge is -2.11. The van der Waals surface area contributed by atoms with Crippen LogP contribution >= 0.6 is 15.9 Å². The molecule has 0 aliphatic rings. The van der Waals surface area contributed by atoms with E-state index in [1.165, 1.54) is 5.56 Å². The molecule has 2 nitrogen and oxygen atoms in total. The van der Waals surface area contributed by atoms with Gasteiger partial charge < -0.3 is 10.5 Å². The van der Waals surface area contributed by atoms with Crippen molar-refractivity contribution >= 4 is 15.9 Å². The average Bonchev–Trinajstić information content (AvgIpc) is 2.43. The number of halogens is 1. The minimum absolute atomic E-state index is 0.0219. The molecule has 0 spiro atoms. The molecule has 0 aliphatic heterocycles. The van der Waals surface area contributed by atoms with Gasteiger partial charge in [-0.1, -0.05) is 31.5 Å². The monoisotopic (exact) mass is 333 g/mol. The second-order valence-electron chi connectivity index (χ2n) is 4.97. The van der Waals surface area contributed by atoms with Gasteiger partial charge in [0.15, 0.2) is 0 Å². The molecule has 2 aromatic rings. The van der Waals surface area contributed by atoms with Gasteiger partial charge in [-0.2, -0.15) is 0 Å². The van der Waals surface area contributed by atoms with Crippen LogP contribution in [0.4, 0.5) is 0 Å². The summed E-state index contributed by atoms with van der Waals surface area (Å²) in [6, 6.07) is 14.2. The van der Waals surface area contributed by atoms with Gasteiger partial charge in [-0.15, -0.1) is 0 Å². The molecule has 1 atom stereocenters. The fourth-order valence-electron chi connectivity index (χ4n) is 2.02. The number of benzene rings is 2. The second-order valence-corrected chi connectivity index (χ2v) is 5.83. The number of ether oxygens (including phenoxy) is 1. The molecule has 20 heavy (non-hydrogen) atoms. The molecular formula is C17H20BrNO. The smallest absolute Gasteiger partial charge is 0.141 e. The molecule has 0 heterocycles. The standard InChI is InChI=1S/C17H20BrNO/c1-3-4-13-5-8-15(9-6-13)20-17-10-7-14(12(2)19)11-16(17)18/h5-12H,3-4,19H2,1-2H3/t12-/m0/s1. The minimum Gasteiger partial charge on any atom is -0.456 e. The highest BCUT2D eigenvalue weighted by atomic mass is 79.9. The molecule has 0 amide bonds. The van der Waals surface area contributed by atoms with Crippen LogP contribution < -0.4 is 10.5 Å². The zero-order chi connectivity index (χ0) is 14.5. The first-order chi connectivity index (χ1) is 9.60. The fourth-order valence-corrected chi connectivity index (χ4v) is 2.50. The Labute approximate surface area is 129 Å². The summed E-state index contributed by atoms with van der Waals surface area (Å²) in [5, 5.41) is 0. The third kappa shape index (κ3) is 3.84. The Morgan fingerprint density at radius 1 is 1.15 bits per heavy atom. The van der Waals surface area contributed by atoms with Crippen LogP contribution in [0.3, 0.4) is 0 Å². The molecule has 3 heteroatoms. The summed E-state index contributed by atoms with van der Waals surface area (Å²) in [6.45, 7) is 4.15. The van der Waals surface area contributed by atoms with E-state index in [0.29, 0.717) is 0 Å². The van der Waals surface area contributed by atoms with Crippen LogP contribution in [-0.2, 0) is 6.42 Å². The summed E-state index contributed by atoms with van der Waals surface area (Å²) in [5.74, 6) is 1.65. The van der Waals surface area contributed by atoms with Crippen molar-refractivity contribution in [3.8, 4) is 11.5 Å². The highest BCUT2D eigenvalue weighted by Crippen LogP contribution is 2.31. The third-order valence-corrected chi connectivity index (χ3v) is 3.79. The second kappa shape index (κ2) is 6.91. The summed E-state index contributed by atoms with van der Waals surface area (Å²) < 4.78 is 6.81. The fraction of sp³-hybridized carbons (Fsp3) is 0.294. The van der Waals surface area contributed by atoms with Gasteiger partial charge in [0.1, 0.15) is 11.5 Å². The first-order valence-corrected chi connectivity index (χ1v) is 7.71. The number of hydrogen-bond donors (Lipinski definition) is 1. The van der Waals surface area contributed by atoms with Crippen LogP contribution in [0.5, 0.6) is 11.5 Å². The van der Waals surface area contributed by atoms with E-state index in [4.69, 9.17) is 10.5 Å². The van der Waals surface area contributed by atoms with Crippen LogP contribution in [0.2, 0.25) is 0 Å². The van der Waals surface area contributed by atoms with Crippen LogP contribution in [0.1, 0.15) is 37.4 Å². The number of rotatable bonds is 5. The Bertz CT molecular complexity index is 564. The van der Waals surface area contributed by atoms with Crippen LogP contribution in [0, 0.1) is 0 Å². The van der Waals surface area contributed by atoms with Crippen molar-refractivity contribution in [1.29, 1.82) is 0 Å². The molecule has 0 saturated heterocycles. The zero-order valence-corrected chi connectivity index (χ0v) is 13.5. The van der Waals surface area contributed by atoms with E-state index in [2.05, 4.69) is 35.0 Å². The van der Waals surface area contributed by atoms with Gasteiger partial charge in [-0.05, 0) is 64.7 Å². The quantitative estimate of drug-likeness (QED) is 0.814. The minimum atomic E-state index is 0.0219. The Morgan fingerprint density at radius 3 is 2.40 bits per heavy atom. The molecule has 0 aliphatic carbocycles. The zero-order valence-electron chi connectivity index (χ0n) is 11.9. The third-order valence-electron chi connectivity index (χ3n) is 3.17. The van der Waals surface area contributed by atoms with E-state index >= 15 is 0 Å². The largest absolute Gasteiger partial charge is 0.456 e. The van der Waals surface area contributed by atoms with Gasteiger partial charge in [0.2, 0.25) is 0 Å². The molecular weight excluding hydrogens is 314 g/mol. The van der Waals surface area contributed by atoms with Gasteiger partial charge in [0.25, 0.3) is 0 Å².